The number of halogens is 1. The zero-order valence-electron chi connectivity index (χ0n) is 10.9. The molecule has 2 N–H and O–H groups in total. The zero-order valence-corrected chi connectivity index (χ0v) is 12.5. The van der Waals surface area contributed by atoms with Crippen LogP contribution in [0.3, 0.4) is 0 Å². The average Bonchev–Trinajstić information content (AvgIpc) is 2.36. The molecule has 1 saturated heterocycles. The summed E-state index contributed by atoms with van der Waals surface area (Å²) in [4.78, 5) is 0. The Balaban J connectivity index is 2.26. The molecule has 1 aliphatic heterocycles. The summed E-state index contributed by atoms with van der Waals surface area (Å²) in [5, 5.41) is 13.7. The first kappa shape index (κ1) is 13.7. The molecule has 1 aliphatic rings. The van der Waals surface area contributed by atoms with Crippen LogP contribution in [0.5, 0.6) is 11.5 Å². The molecule has 18 heavy (non-hydrogen) atoms. The minimum atomic E-state index is 0.294. The number of hydrogen-bond donors (Lipinski definition) is 2. The molecule has 1 aromatic carbocycles. The lowest BCUT2D eigenvalue weighted by Gasteiger charge is -2.24. The Morgan fingerprint density at radius 1 is 1.44 bits per heavy atom. The van der Waals surface area contributed by atoms with E-state index < -0.39 is 0 Å². The second-order valence-corrected chi connectivity index (χ2v) is 5.79. The van der Waals surface area contributed by atoms with Crippen LogP contribution in [0.15, 0.2) is 10.5 Å². The number of ether oxygens (including phenoxy) is 1. The smallest absolute Gasteiger partial charge is 0.174 e. The number of piperidine rings is 1. The first-order chi connectivity index (χ1) is 8.63. The van der Waals surface area contributed by atoms with Gasteiger partial charge in [-0.05, 0) is 72.8 Å². The molecule has 0 aromatic heterocycles. The topological polar surface area (TPSA) is 41.5 Å². The summed E-state index contributed by atoms with van der Waals surface area (Å²) >= 11 is 3.42. The molecule has 2 rings (SSSR count). The number of phenolic OH excluding ortho intramolecular Hbond substituents is 1. The fraction of sp³-hybridized carbons (Fsp3) is 0.571. The van der Waals surface area contributed by atoms with Crippen molar-refractivity contribution in [1.82, 2.24) is 5.32 Å². The number of aromatic hydroxyl groups is 1. The van der Waals surface area contributed by atoms with E-state index in [9.17, 15) is 5.11 Å². The fourth-order valence-electron chi connectivity index (χ4n) is 2.61. The van der Waals surface area contributed by atoms with Gasteiger partial charge in [-0.25, -0.2) is 0 Å². The monoisotopic (exact) mass is 313 g/mol. The van der Waals surface area contributed by atoms with Crippen molar-refractivity contribution in [1.29, 1.82) is 0 Å². The van der Waals surface area contributed by atoms with Crippen molar-refractivity contribution in [3.63, 3.8) is 0 Å². The molecule has 0 aliphatic carbocycles. The third-order valence-corrected chi connectivity index (χ3v) is 4.28. The second kappa shape index (κ2) is 5.93. The predicted octanol–water partition coefficient (Wildman–Crippen LogP) is 3.01. The highest BCUT2D eigenvalue weighted by Crippen LogP contribution is 2.40. The van der Waals surface area contributed by atoms with Gasteiger partial charge in [-0.3, -0.25) is 0 Å². The second-order valence-electron chi connectivity index (χ2n) is 4.93. The van der Waals surface area contributed by atoms with E-state index >= 15 is 0 Å². The Labute approximate surface area is 117 Å². The summed E-state index contributed by atoms with van der Waals surface area (Å²) in [7, 11) is 1.59. The number of hydrogen-bond acceptors (Lipinski definition) is 3. The Kier molecular flexibility index (Phi) is 4.51. The van der Waals surface area contributed by atoms with Gasteiger partial charge in [0.15, 0.2) is 11.5 Å². The van der Waals surface area contributed by atoms with Crippen LogP contribution in [-0.4, -0.2) is 25.3 Å². The minimum Gasteiger partial charge on any atom is -0.504 e. The van der Waals surface area contributed by atoms with Crippen molar-refractivity contribution in [2.75, 3.05) is 20.2 Å². The van der Waals surface area contributed by atoms with Crippen LogP contribution >= 0.6 is 15.9 Å². The molecule has 0 radical (unpaired) electrons. The van der Waals surface area contributed by atoms with Crippen molar-refractivity contribution in [3.05, 3.63) is 21.7 Å². The third kappa shape index (κ3) is 2.81. The highest BCUT2D eigenvalue weighted by molar-refractivity contribution is 9.10. The molecule has 3 nitrogen and oxygen atoms in total. The Morgan fingerprint density at radius 3 is 2.72 bits per heavy atom. The highest BCUT2D eigenvalue weighted by Gasteiger charge is 2.20. The van der Waals surface area contributed by atoms with Crippen molar-refractivity contribution < 1.29 is 9.84 Å². The van der Waals surface area contributed by atoms with Crippen LogP contribution < -0.4 is 10.1 Å². The van der Waals surface area contributed by atoms with E-state index in [0.29, 0.717) is 17.4 Å². The Hall–Kier alpha value is -0.740. The van der Waals surface area contributed by atoms with Gasteiger partial charge in [0.25, 0.3) is 0 Å². The summed E-state index contributed by atoms with van der Waals surface area (Å²) in [6.07, 6.45) is 3.29. The normalized spacial score (nSPS) is 16.8. The summed E-state index contributed by atoms with van der Waals surface area (Å²) < 4.78 is 6.07. The van der Waals surface area contributed by atoms with E-state index in [2.05, 4.69) is 21.2 Å². The zero-order chi connectivity index (χ0) is 13.1. The van der Waals surface area contributed by atoms with E-state index in [1.165, 1.54) is 12.8 Å². The number of methoxy groups -OCH3 is 1. The van der Waals surface area contributed by atoms with Gasteiger partial charge in [0.05, 0.1) is 11.6 Å². The first-order valence-electron chi connectivity index (χ1n) is 6.39. The molecule has 100 valence electrons. The number of benzene rings is 1. The van der Waals surface area contributed by atoms with Crippen molar-refractivity contribution in [2.45, 2.75) is 26.2 Å². The van der Waals surface area contributed by atoms with Crippen molar-refractivity contribution >= 4 is 15.9 Å². The van der Waals surface area contributed by atoms with Gasteiger partial charge in [0, 0.05) is 5.56 Å². The predicted molar refractivity (Wildman–Crippen MR) is 76.4 cm³/mol. The van der Waals surface area contributed by atoms with E-state index in [-0.39, 0.29) is 0 Å². The Bertz CT molecular complexity index is 428. The average molecular weight is 314 g/mol. The number of phenols is 1. The Morgan fingerprint density at radius 2 is 2.11 bits per heavy atom. The largest absolute Gasteiger partial charge is 0.504 e. The number of nitrogens with one attached hydrogen (secondary N) is 1. The number of rotatable bonds is 3. The molecule has 0 atom stereocenters. The number of aryl methyl sites for hydroxylation is 1. The van der Waals surface area contributed by atoms with Crippen LogP contribution in [-0.2, 0) is 6.42 Å². The van der Waals surface area contributed by atoms with Crippen LogP contribution in [0.2, 0.25) is 0 Å². The van der Waals surface area contributed by atoms with Crippen LogP contribution in [0.4, 0.5) is 0 Å². The third-order valence-electron chi connectivity index (χ3n) is 3.69. The van der Waals surface area contributed by atoms with Gasteiger partial charge < -0.3 is 15.2 Å². The maximum absolute atomic E-state index is 10.3. The molecule has 1 fully saturated rings. The molecular formula is C14H20BrNO2. The lowest BCUT2D eigenvalue weighted by Crippen LogP contribution is -2.28. The summed E-state index contributed by atoms with van der Waals surface area (Å²) in [5.74, 6) is 1.49. The van der Waals surface area contributed by atoms with Gasteiger partial charge in [-0.2, -0.15) is 0 Å². The minimum absolute atomic E-state index is 0.294. The molecule has 0 saturated carbocycles. The van der Waals surface area contributed by atoms with Gasteiger partial charge in [0.2, 0.25) is 0 Å². The molecule has 1 aromatic rings. The van der Waals surface area contributed by atoms with Crippen LogP contribution in [0.25, 0.3) is 0 Å². The molecule has 0 bridgehead atoms. The standard InChI is InChI=1S/C14H20BrNO2/c1-9-7-12(15)14(18-2)13(17)11(9)8-10-3-5-16-6-4-10/h7,10,16-17H,3-6,8H2,1-2H3. The van der Waals surface area contributed by atoms with Gasteiger partial charge in [-0.1, -0.05) is 0 Å². The van der Waals surface area contributed by atoms with Gasteiger partial charge in [0.1, 0.15) is 0 Å². The van der Waals surface area contributed by atoms with E-state index in [0.717, 1.165) is 35.1 Å². The summed E-state index contributed by atoms with van der Waals surface area (Å²) in [5.41, 5.74) is 2.15. The first-order valence-corrected chi connectivity index (χ1v) is 7.18. The lowest BCUT2D eigenvalue weighted by atomic mass is 9.88. The maximum Gasteiger partial charge on any atom is 0.174 e. The summed E-state index contributed by atoms with van der Waals surface area (Å²) in [6, 6.07) is 2.02. The molecule has 4 heteroatoms. The molecule has 1 heterocycles. The maximum atomic E-state index is 10.3. The molecule has 0 spiro atoms. The summed E-state index contributed by atoms with van der Waals surface area (Å²) in [6.45, 7) is 4.20. The van der Waals surface area contributed by atoms with Crippen LogP contribution in [0.1, 0.15) is 24.0 Å². The highest BCUT2D eigenvalue weighted by atomic mass is 79.9. The van der Waals surface area contributed by atoms with Gasteiger partial charge in [-0.15, -0.1) is 0 Å². The quantitative estimate of drug-likeness (QED) is 0.901. The van der Waals surface area contributed by atoms with E-state index in [1.807, 2.05) is 13.0 Å². The van der Waals surface area contributed by atoms with E-state index in [4.69, 9.17) is 4.74 Å². The lowest BCUT2D eigenvalue weighted by molar-refractivity contribution is 0.350. The van der Waals surface area contributed by atoms with Crippen molar-refractivity contribution in [2.24, 2.45) is 5.92 Å². The van der Waals surface area contributed by atoms with Crippen molar-refractivity contribution in [3.8, 4) is 11.5 Å². The fourth-order valence-corrected chi connectivity index (χ4v) is 3.30. The van der Waals surface area contributed by atoms with Gasteiger partial charge >= 0.3 is 0 Å². The molecular weight excluding hydrogens is 294 g/mol. The van der Waals surface area contributed by atoms with E-state index in [1.54, 1.807) is 7.11 Å². The SMILES string of the molecule is COc1c(Br)cc(C)c(CC2CCNCC2)c1O. The molecule has 0 unspecified atom stereocenters. The van der Waals surface area contributed by atoms with Crippen LogP contribution in [0, 0.1) is 12.8 Å². The molecule has 0 amide bonds.